The maximum absolute atomic E-state index is 14.7. The van der Waals surface area contributed by atoms with E-state index in [4.69, 9.17) is 13.9 Å². The summed E-state index contributed by atoms with van der Waals surface area (Å²) in [5, 5.41) is 10.9. The Hall–Kier alpha value is -3.69. The fourth-order valence-corrected chi connectivity index (χ4v) is 3.54. The summed E-state index contributed by atoms with van der Waals surface area (Å²) in [5.74, 6) is -0.321. The number of halogens is 1. The third-order valence-electron chi connectivity index (χ3n) is 5.15. The van der Waals surface area contributed by atoms with Crippen LogP contribution in [0.1, 0.15) is 33.6 Å². The van der Waals surface area contributed by atoms with E-state index in [0.717, 1.165) is 0 Å². The van der Waals surface area contributed by atoms with Crippen LogP contribution in [-0.4, -0.2) is 45.7 Å². The molecule has 0 radical (unpaired) electrons. The number of oxazole rings is 1. The molecule has 9 nitrogen and oxygen atoms in total. The molecular formula is C23H24FN3O6. The SMILES string of the molecule is CC(C)(C)OC(=O)N1CCC(Oc2ccc(-c3nc4cc([N+](=O)[O-])ccc4o3)cc2F)CC1. The second-order valence-electron chi connectivity index (χ2n) is 8.86. The highest BCUT2D eigenvalue weighted by atomic mass is 19.1. The van der Waals surface area contributed by atoms with Gasteiger partial charge in [-0.25, -0.2) is 14.2 Å². The molecule has 1 fully saturated rings. The van der Waals surface area contributed by atoms with Crippen molar-refractivity contribution in [1.29, 1.82) is 0 Å². The average molecular weight is 457 g/mol. The third-order valence-corrected chi connectivity index (χ3v) is 5.15. The molecule has 0 spiro atoms. The van der Waals surface area contributed by atoms with Crippen LogP contribution in [0.4, 0.5) is 14.9 Å². The van der Waals surface area contributed by atoms with Gasteiger partial charge in [0.2, 0.25) is 5.89 Å². The molecule has 4 rings (SSSR count). The van der Waals surface area contributed by atoms with E-state index in [1.807, 2.05) is 20.8 Å². The van der Waals surface area contributed by atoms with Gasteiger partial charge in [-0.3, -0.25) is 10.1 Å². The van der Waals surface area contributed by atoms with Gasteiger partial charge in [0.05, 0.1) is 4.92 Å². The Morgan fingerprint density at radius 2 is 1.94 bits per heavy atom. The Morgan fingerprint density at radius 1 is 1.21 bits per heavy atom. The monoisotopic (exact) mass is 457 g/mol. The van der Waals surface area contributed by atoms with Gasteiger partial charge in [0.25, 0.3) is 5.69 Å². The summed E-state index contributed by atoms with van der Waals surface area (Å²) in [6.07, 6.45) is 0.531. The Kier molecular flexibility index (Phi) is 5.92. The standard InChI is InChI=1S/C23H24FN3O6/c1-23(2,3)33-22(28)26-10-8-16(9-11-26)31-19-6-4-14(12-17(19)24)21-25-18-13-15(27(29)30)5-7-20(18)32-21/h4-7,12-13,16H,8-11H2,1-3H3. The molecule has 0 unspecified atom stereocenters. The van der Waals surface area contributed by atoms with Crippen LogP contribution in [0.15, 0.2) is 40.8 Å². The molecule has 0 N–H and O–H groups in total. The van der Waals surface area contributed by atoms with E-state index >= 15 is 0 Å². The Balaban J connectivity index is 1.41. The predicted molar refractivity (Wildman–Crippen MR) is 118 cm³/mol. The number of aromatic nitrogens is 1. The Labute approximate surface area is 189 Å². The number of nitro groups is 1. The number of non-ortho nitro benzene ring substituents is 1. The third kappa shape index (κ3) is 5.21. The molecule has 1 aromatic heterocycles. The average Bonchev–Trinajstić information content (AvgIpc) is 3.18. The highest BCUT2D eigenvalue weighted by molar-refractivity contribution is 5.78. The largest absolute Gasteiger partial charge is 0.487 e. The van der Waals surface area contributed by atoms with Crippen molar-refractivity contribution in [3.63, 3.8) is 0 Å². The molecule has 0 saturated carbocycles. The molecule has 10 heteroatoms. The van der Waals surface area contributed by atoms with Crippen molar-refractivity contribution in [2.45, 2.75) is 45.3 Å². The summed E-state index contributed by atoms with van der Waals surface area (Å²) in [5.41, 5.74) is 0.414. The first-order valence-electron chi connectivity index (χ1n) is 10.6. The first kappa shape index (κ1) is 22.5. The first-order chi connectivity index (χ1) is 15.6. The van der Waals surface area contributed by atoms with Crippen molar-refractivity contribution in [3.05, 3.63) is 52.3 Å². The Bertz CT molecular complexity index is 1190. The molecular weight excluding hydrogens is 433 g/mol. The zero-order valence-electron chi connectivity index (χ0n) is 18.5. The van der Waals surface area contributed by atoms with Gasteiger partial charge in [-0.15, -0.1) is 0 Å². The number of rotatable bonds is 4. The number of fused-ring (bicyclic) bond motifs is 1. The summed E-state index contributed by atoms with van der Waals surface area (Å²) in [6.45, 7) is 6.39. The molecule has 3 aromatic rings. The van der Waals surface area contributed by atoms with E-state index < -0.39 is 16.3 Å². The van der Waals surface area contributed by atoms with Crippen molar-refractivity contribution < 1.29 is 28.0 Å². The van der Waals surface area contributed by atoms with Crippen molar-refractivity contribution >= 4 is 22.9 Å². The number of hydrogen-bond donors (Lipinski definition) is 0. The topological polar surface area (TPSA) is 108 Å². The van der Waals surface area contributed by atoms with Gasteiger partial charge < -0.3 is 18.8 Å². The van der Waals surface area contributed by atoms with Gasteiger partial charge in [-0.05, 0) is 45.0 Å². The number of ether oxygens (including phenoxy) is 2. The van der Waals surface area contributed by atoms with E-state index in [-0.39, 0.29) is 29.5 Å². The lowest BCUT2D eigenvalue weighted by molar-refractivity contribution is -0.384. The first-order valence-corrected chi connectivity index (χ1v) is 10.6. The lowest BCUT2D eigenvalue weighted by Crippen LogP contribution is -2.44. The van der Waals surface area contributed by atoms with Crippen molar-refractivity contribution in [2.24, 2.45) is 0 Å². The molecule has 1 aliphatic heterocycles. The zero-order valence-corrected chi connectivity index (χ0v) is 18.5. The smallest absolute Gasteiger partial charge is 0.410 e. The summed E-state index contributed by atoms with van der Waals surface area (Å²) >= 11 is 0. The van der Waals surface area contributed by atoms with Crippen molar-refractivity contribution in [2.75, 3.05) is 13.1 Å². The van der Waals surface area contributed by atoms with E-state index in [2.05, 4.69) is 4.98 Å². The number of benzene rings is 2. The number of nitrogens with zero attached hydrogens (tertiary/aromatic N) is 3. The highest BCUT2D eigenvalue weighted by Gasteiger charge is 2.28. The number of hydrogen-bond acceptors (Lipinski definition) is 7. The van der Waals surface area contributed by atoms with Crippen molar-refractivity contribution in [3.8, 4) is 17.2 Å². The molecule has 0 aliphatic carbocycles. The molecule has 1 aliphatic rings. The van der Waals surface area contributed by atoms with Crippen LogP contribution in [0, 0.1) is 15.9 Å². The minimum atomic E-state index is -0.574. The lowest BCUT2D eigenvalue weighted by Gasteiger charge is -2.33. The molecule has 0 bridgehead atoms. The molecule has 1 saturated heterocycles. The van der Waals surface area contributed by atoms with Crippen LogP contribution in [0.3, 0.4) is 0 Å². The lowest BCUT2D eigenvalue weighted by atomic mass is 10.1. The number of piperidine rings is 1. The fourth-order valence-electron chi connectivity index (χ4n) is 3.54. The van der Waals surface area contributed by atoms with Gasteiger partial charge in [0.1, 0.15) is 17.2 Å². The minimum Gasteiger partial charge on any atom is -0.487 e. The Morgan fingerprint density at radius 3 is 2.58 bits per heavy atom. The molecule has 174 valence electrons. The fraction of sp³-hybridized carbons (Fsp3) is 0.391. The van der Waals surface area contributed by atoms with Crippen LogP contribution < -0.4 is 4.74 Å². The number of amides is 1. The maximum atomic E-state index is 14.7. The highest BCUT2D eigenvalue weighted by Crippen LogP contribution is 2.30. The number of carbonyl (C=O) groups excluding carboxylic acids is 1. The number of nitro benzene ring substituents is 1. The quantitative estimate of drug-likeness (QED) is 0.385. The zero-order chi connectivity index (χ0) is 23.8. The van der Waals surface area contributed by atoms with Crippen LogP contribution in [0.2, 0.25) is 0 Å². The van der Waals surface area contributed by atoms with Crippen LogP contribution in [-0.2, 0) is 4.74 Å². The summed E-state index contributed by atoms with van der Waals surface area (Å²) in [4.78, 5) is 28.5. The van der Waals surface area contributed by atoms with E-state index in [9.17, 15) is 19.3 Å². The molecule has 2 aromatic carbocycles. The molecule has 2 heterocycles. The van der Waals surface area contributed by atoms with Gasteiger partial charge in [-0.2, -0.15) is 0 Å². The second-order valence-corrected chi connectivity index (χ2v) is 8.86. The van der Waals surface area contributed by atoms with E-state index in [1.54, 1.807) is 11.0 Å². The predicted octanol–water partition coefficient (Wildman–Crippen LogP) is 5.32. The van der Waals surface area contributed by atoms with Crippen LogP contribution >= 0.6 is 0 Å². The minimum absolute atomic E-state index is 0.0983. The van der Waals surface area contributed by atoms with E-state index in [1.165, 1.54) is 30.3 Å². The van der Waals surface area contributed by atoms with E-state index in [0.29, 0.717) is 42.6 Å². The van der Waals surface area contributed by atoms with Gasteiger partial charge in [0, 0.05) is 43.6 Å². The maximum Gasteiger partial charge on any atom is 0.410 e. The molecule has 0 atom stereocenters. The number of likely N-dealkylation sites (tertiary alicyclic amines) is 1. The van der Waals surface area contributed by atoms with Gasteiger partial charge >= 0.3 is 6.09 Å². The summed E-state index contributed by atoms with van der Waals surface area (Å²) in [6, 6.07) is 8.46. The second kappa shape index (κ2) is 8.68. The summed E-state index contributed by atoms with van der Waals surface area (Å²) < 4.78 is 31.6. The van der Waals surface area contributed by atoms with Crippen LogP contribution in [0.5, 0.6) is 5.75 Å². The van der Waals surface area contributed by atoms with Crippen LogP contribution in [0.25, 0.3) is 22.6 Å². The number of carbonyl (C=O) groups is 1. The normalized spacial score (nSPS) is 15.0. The molecule has 1 amide bonds. The van der Waals surface area contributed by atoms with Gasteiger partial charge in [-0.1, -0.05) is 0 Å². The molecule has 33 heavy (non-hydrogen) atoms. The van der Waals surface area contributed by atoms with Crippen molar-refractivity contribution in [1.82, 2.24) is 9.88 Å². The summed E-state index contributed by atoms with van der Waals surface area (Å²) in [7, 11) is 0. The van der Waals surface area contributed by atoms with Gasteiger partial charge in [0.15, 0.2) is 17.1 Å².